The van der Waals surface area contributed by atoms with Gasteiger partial charge in [-0.3, -0.25) is 4.79 Å². The molecular weight excluding hydrogens is 240 g/mol. The van der Waals surface area contributed by atoms with Gasteiger partial charge in [0.05, 0.1) is 0 Å². The Morgan fingerprint density at radius 2 is 2.26 bits per heavy atom. The minimum Gasteiger partial charge on any atom is -0.368 e. The van der Waals surface area contributed by atoms with Crippen molar-refractivity contribution in [1.82, 2.24) is 10.2 Å². The van der Waals surface area contributed by atoms with Crippen LogP contribution in [0, 0.1) is 11.8 Å². The van der Waals surface area contributed by atoms with Crippen molar-refractivity contribution in [2.24, 2.45) is 11.8 Å². The highest BCUT2D eigenvalue weighted by Crippen LogP contribution is 2.23. The van der Waals surface area contributed by atoms with Crippen molar-refractivity contribution >= 4 is 5.91 Å². The molecule has 2 rings (SSSR count). The van der Waals surface area contributed by atoms with Crippen LogP contribution in [0.5, 0.6) is 0 Å². The van der Waals surface area contributed by atoms with E-state index in [9.17, 15) is 4.79 Å². The molecule has 1 N–H and O–H groups in total. The molecule has 0 aromatic heterocycles. The first-order chi connectivity index (χ1) is 9.22. The summed E-state index contributed by atoms with van der Waals surface area (Å²) < 4.78 is 5.64. The number of nitrogens with zero attached hydrogens (tertiary/aromatic N) is 1. The summed E-state index contributed by atoms with van der Waals surface area (Å²) in [4.78, 5) is 14.6. The second kappa shape index (κ2) is 7.25. The van der Waals surface area contributed by atoms with E-state index >= 15 is 0 Å². The van der Waals surface area contributed by atoms with Crippen LogP contribution < -0.4 is 5.32 Å². The average Bonchev–Trinajstić information content (AvgIpc) is 2.85. The van der Waals surface area contributed by atoms with Crippen molar-refractivity contribution in [2.75, 3.05) is 32.8 Å². The fraction of sp³-hybridized carbons (Fsp3) is 0.933. The van der Waals surface area contributed by atoms with Gasteiger partial charge in [0.2, 0.25) is 0 Å². The van der Waals surface area contributed by atoms with Crippen LogP contribution in [0.4, 0.5) is 0 Å². The van der Waals surface area contributed by atoms with Crippen LogP contribution in [0.2, 0.25) is 0 Å². The number of hydrogen-bond acceptors (Lipinski definition) is 3. The highest BCUT2D eigenvalue weighted by atomic mass is 16.5. The molecule has 0 aromatic rings. The molecule has 4 heteroatoms. The first-order valence-electron chi connectivity index (χ1n) is 7.83. The first kappa shape index (κ1) is 14.8. The van der Waals surface area contributed by atoms with Gasteiger partial charge in [0, 0.05) is 19.7 Å². The number of nitrogens with one attached hydrogen (secondary N) is 1. The molecule has 2 aliphatic rings. The molecule has 1 amide bonds. The van der Waals surface area contributed by atoms with Crippen LogP contribution in [0.3, 0.4) is 0 Å². The largest absolute Gasteiger partial charge is 0.368 e. The van der Waals surface area contributed by atoms with E-state index in [4.69, 9.17) is 4.74 Å². The van der Waals surface area contributed by atoms with E-state index < -0.39 is 0 Å². The zero-order chi connectivity index (χ0) is 13.7. The van der Waals surface area contributed by atoms with E-state index in [0.717, 1.165) is 45.6 Å². The average molecular weight is 268 g/mol. The van der Waals surface area contributed by atoms with Gasteiger partial charge >= 0.3 is 0 Å². The zero-order valence-corrected chi connectivity index (χ0v) is 12.4. The van der Waals surface area contributed by atoms with Crippen molar-refractivity contribution in [3.8, 4) is 0 Å². The zero-order valence-electron chi connectivity index (χ0n) is 12.4. The fourth-order valence-electron chi connectivity index (χ4n) is 3.14. The van der Waals surface area contributed by atoms with Gasteiger partial charge in [-0.05, 0) is 50.6 Å². The Morgan fingerprint density at radius 3 is 2.84 bits per heavy atom. The van der Waals surface area contributed by atoms with E-state index in [1.807, 2.05) is 4.90 Å². The highest BCUT2D eigenvalue weighted by Gasteiger charge is 2.34. The summed E-state index contributed by atoms with van der Waals surface area (Å²) in [5, 5.41) is 3.43. The van der Waals surface area contributed by atoms with Gasteiger partial charge in [-0.1, -0.05) is 13.8 Å². The molecule has 3 atom stereocenters. The SMILES string of the molecule is CCCN(CC1CCCNC1)C(=O)C1OCCC1C. The minimum atomic E-state index is -0.192. The molecule has 0 aromatic carbocycles. The lowest BCUT2D eigenvalue weighted by Gasteiger charge is -2.32. The maximum atomic E-state index is 12.6. The van der Waals surface area contributed by atoms with E-state index in [0.29, 0.717) is 11.8 Å². The van der Waals surface area contributed by atoms with Crippen molar-refractivity contribution < 1.29 is 9.53 Å². The Kier molecular flexibility index (Phi) is 5.64. The lowest BCUT2D eigenvalue weighted by atomic mass is 9.97. The normalized spacial score (nSPS) is 31.4. The van der Waals surface area contributed by atoms with Gasteiger partial charge in [-0.15, -0.1) is 0 Å². The minimum absolute atomic E-state index is 0.192. The van der Waals surface area contributed by atoms with Crippen molar-refractivity contribution in [2.45, 2.75) is 45.6 Å². The topological polar surface area (TPSA) is 41.6 Å². The second-order valence-corrected chi connectivity index (χ2v) is 6.05. The molecule has 3 unspecified atom stereocenters. The second-order valence-electron chi connectivity index (χ2n) is 6.05. The van der Waals surface area contributed by atoms with Crippen LogP contribution in [-0.4, -0.2) is 49.7 Å². The quantitative estimate of drug-likeness (QED) is 0.824. The Balaban J connectivity index is 1.91. The van der Waals surface area contributed by atoms with Gasteiger partial charge in [0.1, 0.15) is 6.10 Å². The van der Waals surface area contributed by atoms with Crippen molar-refractivity contribution in [1.29, 1.82) is 0 Å². The number of ether oxygens (including phenoxy) is 1. The number of hydrogen-bond donors (Lipinski definition) is 1. The van der Waals surface area contributed by atoms with Crippen LogP contribution in [0.15, 0.2) is 0 Å². The summed E-state index contributed by atoms with van der Waals surface area (Å²) in [6.45, 7) is 8.94. The molecule has 2 saturated heterocycles. The lowest BCUT2D eigenvalue weighted by molar-refractivity contribution is -0.143. The van der Waals surface area contributed by atoms with E-state index in [-0.39, 0.29) is 12.0 Å². The van der Waals surface area contributed by atoms with Crippen LogP contribution in [-0.2, 0) is 9.53 Å². The van der Waals surface area contributed by atoms with Gasteiger partial charge < -0.3 is 15.0 Å². The molecule has 2 fully saturated rings. The summed E-state index contributed by atoms with van der Waals surface area (Å²) >= 11 is 0. The standard InChI is InChI=1S/C15H28N2O2/c1-3-8-17(11-13-5-4-7-16-10-13)15(18)14-12(2)6-9-19-14/h12-14,16H,3-11H2,1-2H3. The highest BCUT2D eigenvalue weighted by molar-refractivity contribution is 5.81. The van der Waals surface area contributed by atoms with Gasteiger partial charge in [0.15, 0.2) is 0 Å². The van der Waals surface area contributed by atoms with Crippen LogP contribution in [0.25, 0.3) is 0 Å². The predicted octanol–water partition coefficient (Wildman–Crippen LogP) is 1.65. The summed E-state index contributed by atoms with van der Waals surface area (Å²) in [5.74, 6) is 1.20. The number of rotatable bonds is 5. The third kappa shape index (κ3) is 3.93. The Hall–Kier alpha value is -0.610. The Bertz CT molecular complexity index is 290. The summed E-state index contributed by atoms with van der Waals surface area (Å²) in [7, 11) is 0. The Labute approximate surface area is 116 Å². The summed E-state index contributed by atoms with van der Waals surface area (Å²) in [6, 6.07) is 0. The molecule has 2 aliphatic heterocycles. The number of carbonyl (C=O) groups is 1. The fourth-order valence-corrected chi connectivity index (χ4v) is 3.14. The number of amides is 1. The summed E-state index contributed by atoms with van der Waals surface area (Å²) in [5.41, 5.74) is 0. The predicted molar refractivity (Wildman–Crippen MR) is 76.0 cm³/mol. The molecule has 0 bridgehead atoms. The number of carbonyl (C=O) groups excluding carboxylic acids is 1. The molecule has 0 aliphatic carbocycles. The molecule has 4 nitrogen and oxygen atoms in total. The molecule has 110 valence electrons. The van der Waals surface area contributed by atoms with Crippen LogP contribution >= 0.6 is 0 Å². The van der Waals surface area contributed by atoms with Crippen LogP contribution in [0.1, 0.15) is 39.5 Å². The van der Waals surface area contributed by atoms with Gasteiger partial charge in [-0.2, -0.15) is 0 Å². The molecule has 0 saturated carbocycles. The molecular formula is C15H28N2O2. The third-order valence-electron chi connectivity index (χ3n) is 4.31. The van der Waals surface area contributed by atoms with Gasteiger partial charge in [0.25, 0.3) is 5.91 Å². The molecule has 0 spiro atoms. The maximum absolute atomic E-state index is 12.6. The van der Waals surface area contributed by atoms with E-state index in [2.05, 4.69) is 19.2 Å². The maximum Gasteiger partial charge on any atom is 0.251 e. The molecule has 0 radical (unpaired) electrons. The number of piperidine rings is 1. The molecule has 2 heterocycles. The Morgan fingerprint density at radius 1 is 1.42 bits per heavy atom. The molecule has 19 heavy (non-hydrogen) atoms. The van der Waals surface area contributed by atoms with Crippen molar-refractivity contribution in [3.05, 3.63) is 0 Å². The monoisotopic (exact) mass is 268 g/mol. The van der Waals surface area contributed by atoms with Crippen molar-refractivity contribution in [3.63, 3.8) is 0 Å². The smallest absolute Gasteiger partial charge is 0.251 e. The first-order valence-corrected chi connectivity index (χ1v) is 7.83. The summed E-state index contributed by atoms with van der Waals surface area (Å²) in [6.07, 6.45) is 4.31. The van der Waals surface area contributed by atoms with E-state index in [1.165, 1.54) is 12.8 Å². The third-order valence-corrected chi connectivity index (χ3v) is 4.31. The van der Waals surface area contributed by atoms with E-state index in [1.54, 1.807) is 0 Å². The lowest BCUT2D eigenvalue weighted by Crippen LogP contribution is -2.46. The van der Waals surface area contributed by atoms with Gasteiger partial charge in [-0.25, -0.2) is 0 Å².